The first-order valence-corrected chi connectivity index (χ1v) is 9.58. The van der Waals surface area contributed by atoms with Crippen LogP contribution in [0, 0.1) is 18.3 Å². The average molecular weight is 409 g/mol. The maximum Gasteiger partial charge on any atom is 0.291 e. The van der Waals surface area contributed by atoms with Crippen LogP contribution in [0.1, 0.15) is 52.8 Å². The zero-order valence-corrected chi connectivity index (χ0v) is 17.2. The first kappa shape index (κ1) is 20.5. The lowest BCUT2D eigenvalue weighted by Crippen LogP contribution is -2.11. The number of nitriles is 1. The van der Waals surface area contributed by atoms with Gasteiger partial charge in [0.25, 0.3) is 5.91 Å². The van der Waals surface area contributed by atoms with Crippen LogP contribution in [0.4, 0.5) is 5.69 Å². The zero-order valence-electron chi connectivity index (χ0n) is 16.5. The van der Waals surface area contributed by atoms with Crippen LogP contribution in [-0.4, -0.2) is 5.91 Å². The predicted octanol–water partition coefficient (Wildman–Crippen LogP) is 6.07. The highest BCUT2D eigenvalue weighted by atomic mass is 35.5. The monoisotopic (exact) mass is 408 g/mol. The number of amides is 1. The van der Waals surface area contributed by atoms with Gasteiger partial charge in [-0.1, -0.05) is 37.6 Å². The van der Waals surface area contributed by atoms with Gasteiger partial charge in [0.2, 0.25) is 0 Å². The number of hydrogen-bond acceptors (Lipinski definition) is 4. The fraction of sp³-hybridized carbons (Fsp3) is 0.217. The average Bonchev–Trinajstić information content (AvgIpc) is 3.15. The summed E-state index contributed by atoms with van der Waals surface area (Å²) in [6.07, 6.45) is 0. The standard InChI is InChI=1S/C23H21ClN2O3/c1-14(2)19-8-4-15(3)10-22(19)28-13-18-7-9-21(29-18)23(27)26-17-6-5-16(12-25)20(24)11-17/h4-11,14H,13H2,1-3H3,(H,26,27). The van der Waals surface area contributed by atoms with E-state index in [1.807, 2.05) is 19.1 Å². The molecule has 2 aromatic carbocycles. The van der Waals surface area contributed by atoms with Crippen LogP contribution in [0.25, 0.3) is 0 Å². The molecule has 0 unspecified atom stereocenters. The van der Waals surface area contributed by atoms with Crippen molar-refractivity contribution in [2.75, 3.05) is 5.32 Å². The lowest BCUT2D eigenvalue weighted by molar-refractivity contribution is 0.0992. The second-order valence-electron chi connectivity index (χ2n) is 7.01. The van der Waals surface area contributed by atoms with E-state index in [-0.39, 0.29) is 17.4 Å². The first-order valence-electron chi connectivity index (χ1n) is 9.20. The van der Waals surface area contributed by atoms with Gasteiger partial charge in [0.1, 0.15) is 24.2 Å². The molecular weight excluding hydrogens is 388 g/mol. The minimum atomic E-state index is -0.407. The van der Waals surface area contributed by atoms with Gasteiger partial charge < -0.3 is 14.5 Å². The van der Waals surface area contributed by atoms with Crippen molar-refractivity contribution in [2.24, 2.45) is 0 Å². The zero-order chi connectivity index (χ0) is 21.0. The van der Waals surface area contributed by atoms with Crippen molar-refractivity contribution in [3.8, 4) is 11.8 Å². The molecule has 0 saturated carbocycles. The Bertz CT molecular complexity index is 1080. The van der Waals surface area contributed by atoms with Gasteiger partial charge in [-0.05, 0) is 60.4 Å². The molecule has 5 nitrogen and oxygen atoms in total. The number of anilines is 1. The van der Waals surface area contributed by atoms with Gasteiger partial charge in [0.15, 0.2) is 5.76 Å². The van der Waals surface area contributed by atoms with Crippen molar-refractivity contribution in [3.63, 3.8) is 0 Å². The molecule has 0 spiro atoms. The van der Waals surface area contributed by atoms with Crippen LogP contribution >= 0.6 is 11.6 Å². The molecule has 0 saturated heterocycles. The van der Waals surface area contributed by atoms with E-state index < -0.39 is 5.91 Å². The summed E-state index contributed by atoms with van der Waals surface area (Å²) in [5.41, 5.74) is 3.07. The summed E-state index contributed by atoms with van der Waals surface area (Å²) in [5, 5.41) is 11.9. The third kappa shape index (κ3) is 4.98. The summed E-state index contributed by atoms with van der Waals surface area (Å²) < 4.78 is 11.6. The van der Waals surface area contributed by atoms with Gasteiger partial charge in [-0.25, -0.2) is 0 Å². The summed E-state index contributed by atoms with van der Waals surface area (Å²) in [5.74, 6) is 1.45. The predicted molar refractivity (Wildman–Crippen MR) is 112 cm³/mol. The maximum absolute atomic E-state index is 12.4. The molecule has 0 bridgehead atoms. The number of carbonyl (C=O) groups is 1. The normalized spacial score (nSPS) is 10.6. The molecule has 1 amide bonds. The molecule has 0 radical (unpaired) electrons. The Morgan fingerprint density at radius 2 is 2.00 bits per heavy atom. The van der Waals surface area contributed by atoms with Crippen LogP contribution in [-0.2, 0) is 6.61 Å². The van der Waals surface area contributed by atoms with Gasteiger partial charge in [0.05, 0.1) is 10.6 Å². The van der Waals surface area contributed by atoms with Crippen LogP contribution in [0.2, 0.25) is 5.02 Å². The van der Waals surface area contributed by atoms with Crippen LogP contribution in [0.15, 0.2) is 52.9 Å². The Balaban J connectivity index is 1.67. The number of ether oxygens (including phenoxy) is 1. The molecule has 148 valence electrons. The Hall–Kier alpha value is -3.23. The number of halogens is 1. The molecule has 1 heterocycles. The number of benzene rings is 2. The smallest absolute Gasteiger partial charge is 0.291 e. The van der Waals surface area contributed by atoms with Crippen molar-refractivity contribution < 1.29 is 13.9 Å². The molecule has 1 N–H and O–H groups in total. The molecule has 3 aromatic rings. The molecule has 0 aliphatic heterocycles. The fourth-order valence-corrected chi connectivity index (χ4v) is 3.07. The Morgan fingerprint density at radius 3 is 2.69 bits per heavy atom. The first-order chi connectivity index (χ1) is 13.9. The van der Waals surface area contributed by atoms with Crippen molar-refractivity contribution in [1.82, 2.24) is 0 Å². The van der Waals surface area contributed by atoms with Gasteiger partial charge in [-0.3, -0.25) is 4.79 Å². The largest absolute Gasteiger partial charge is 0.485 e. The number of carbonyl (C=O) groups excluding carboxylic acids is 1. The number of nitrogens with one attached hydrogen (secondary N) is 1. The Labute approximate surface area is 174 Å². The summed E-state index contributed by atoms with van der Waals surface area (Å²) >= 11 is 5.99. The van der Waals surface area contributed by atoms with Gasteiger partial charge in [0, 0.05) is 5.69 Å². The number of furan rings is 1. The molecule has 0 fully saturated rings. The van der Waals surface area contributed by atoms with E-state index in [1.165, 1.54) is 6.07 Å². The Morgan fingerprint density at radius 1 is 1.21 bits per heavy atom. The van der Waals surface area contributed by atoms with E-state index in [4.69, 9.17) is 26.0 Å². The van der Waals surface area contributed by atoms with Gasteiger partial charge in [-0.15, -0.1) is 0 Å². The van der Waals surface area contributed by atoms with E-state index in [1.54, 1.807) is 24.3 Å². The van der Waals surface area contributed by atoms with E-state index in [0.717, 1.165) is 16.9 Å². The summed E-state index contributed by atoms with van der Waals surface area (Å²) in [6.45, 7) is 6.46. The molecule has 3 rings (SSSR count). The maximum atomic E-state index is 12.4. The van der Waals surface area contributed by atoms with Crippen LogP contribution in [0.3, 0.4) is 0 Å². The SMILES string of the molecule is Cc1ccc(C(C)C)c(OCc2ccc(C(=O)Nc3ccc(C#N)c(Cl)c3)o2)c1. The van der Waals surface area contributed by atoms with Gasteiger partial charge >= 0.3 is 0 Å². The van der Waals surface area contributed by atoms with E-state index >= 15 is 0 Å². The third-order valence-electron chi connectivity index (χ3n) is 4.39. The minimum Gasteiger partial charge on any atom is -0.485 e. The number of nitrogens with zero attached hydrogens (tertiary/aromatic N) is 1. The van der Waals surface area contributed by atoms with Crippen LogP contribution in [0.5, 0.6) is 5.75 Å². The molecule has 1 aromatic heterocycles. The molecule has 0 aliphatic rings. The second-order valence-corrected chi connectivity index (χ2v) is 7.42. The lowest BCUT2D eigenvalue weighted by atomic mass is 10.0. The summed E-state index contributed by atoms with van der Waals surface area (Å²) in [4.78, 5) is 12.4. The fourth-order valence-electron chi connectivity index (χ4n) is 2.85. The topological polar surface area (TPSA) is 75.3 Å². The highest BCUT2D eigenvalue weighted by molar-refractivity contribution is 6.32. The Kier molecular flexibility index (Phi) is 6.26. The second kappa shape index (κ2) is 8.85. The number of hydrogen-bond donors (Lipinski definition) is 1. The highest BCUT2D eigenvalue weighted by Gasteiger charge is 2.14. The van der Waals surface area contributed by atoms with Crippen LogP contribution < -0.4 is 10.1 Å². The van der Waals surface area contributed by atoms with E-state index in [2.05, 4.69) is 31.3 Å². The third-order valence-corrected chi connectivity index (χ3v) is 4.71. The summed E-state index contributed by atoms with van der Waals surface area (Å²) in [7, 11) is 0. The number of aryl methyl sites for hydroxylation is 1. The summed E-state index contributed by atoms with van der Waals surface area (Å²) in [6, 6.07) is 16.1. The van der Waals surface area contributed by atoms with Crippen molar-refractivity contribution >= 4 is 23.2 Å². The molecule has 0 atom stereocenters. The quantitative estimate of drug-likeness (QED) is 0.537. The van der Waals surface area contributed by atoms with Crippen molar-refractivity contribution in [2.45, 2.75) is 33.3 Å². The van der Waals surface area contributed by atoms with E-state index in [9.17, 15) is 4.79 Å². The minimum absolute atomic E-state index is 0.164. The number of rotatable bonds is 6. The highest BCUT2D eigenvalue weighted by Crippen LogP contribution is 2.28. The molecular formula is C23H21ClN2O3. The molecule has 0 aliphatic carbocycles. The van der Waals surface area contributed by atoms with Crippen molar-refractivity contribution in [3.05, 3.63) is 81.8 Å². The van der Waals surface area contributed by atoms with E-state index in [0.29, 0.717) is 22.9 Å². The van der Waals surface area contributed by atoms with Gasteiger partial charge in [-0.2, -0.15) is 5.26 Å². The molecule has 6 heteroatoms. The lowest BCUT2D eigenvalue weighted by Gasteiger charge is -2.14. The van der Waals surface area contributed by atoms with Crippen molar-refractivity contribution in [1.29, 1.82) is 5.26 Å². The molecule has 29 heavy (non-hydrogen) atoms.